The van der Waals surface area contributed by atoms with Crippen LogP contribution in [0.25, 0.3) is 0 Å². The molecule has 0 aliphatic carbocycles. The molecule has 1 aromatic carbocycles. The van der Waals surface area contributed by atoms with Gasteiger partial charge in [0, 0.05) is 75.2 Å². The van der Waals surface area contributed by atoms with Crippen LogP contribution in [0.5, 0.6) is 5.88 Å². The number of piperazine rings is 1. The maximum atomic E-state index is 13.3. The predicted octanol–water partition coefficient (Wildman–Crippen LogP) is 2.94. The number of anilines is 6. The second-order valence-corrected chi connectivity index (χ2v) is 9.80. The van der Waals surface area contributed by atoms with E-state index in [2.05, 4.69) is 40.8 Å². The zero-order valence-corrected chi connectivity index (χ0v) is 22.4. The number of hydrogen-bond acceptors (Lipinski definition) is 9. The molecule has 0 saturated carbocycles. The fourth-order valence-corrected chi connectivity index (χ4v) is 5.01. The summed E-state index contributed by atoms with van der Waals surface area (Å²) in [6.07, 6.45) is 5.10. The highest BCUT2D eigenvalue weighted by Gasteiger charge is 2.21. The molecule has 40 heavy (non-hydrogen) atoms. The standard InChI is InChI=1S/C28H31N9O3/c1-18-22(17-31-28-25(18)29-10-16-40-28)33-21-7-9-30-26(38)24(21)27(39)32-19-3-5-20(6-4-19)36-12-14-37(15-13-36)23-8-11-35(2)34-23/h3-9,11,17,29H,10,12-16H2,1-2H3,(H,32,39)(H2,30,33,38). The number of aromatic nitrogens is 4. The first-order valence-corrected chi connectivity index (χ1v) is 13.2. The van der Waals surface area contributed by atoms with Crippen molar-refractivity contribution in [2.24, 2.45) is 7.05 Å². The molecule has 12 heteroatoms. The van der Waals surface area contributed by atoms with Crippen LogP contribution in [0.4, 0.5) is 34.3 Å². The average Bonchev–Trinajstić information content (AvgIpc) is 3.41. The number of carbonyl (C=O) groups excluding carboxylic acids is 1. The van der Waals surface area contributed by atoms with Gasteiger partial charge in [-0.15, -0.1) is 0 Å². The lowest BCUT2D eigenvalue weighted by Crippen LogP contribution is -2.46. The molecular weight excluding hydrogens is 510 g/mol. The Morgan fingerprint density at radius 2 is 1.80 bits per heavy atom. The number of rotatable bonds is 6. The van der Waals surface area contributed by atoms with Gasteiger partial charge in [-0.1, -0.05) is 0 Å². The highest BCUT2D eigenvalue weighted by Crippen LogP contribution is 2.34. The Morgan fingerprint density at radius 1 is 1.02 bits per heavy atom. The third-order valence-electron chi connectivity index (χ3n) is 7.20. The Hall–Kier alpha value is -5.00. The molecule has 3 aromatic heterocycles. The largest absolute Gasteiger partial charge is 0.474 e. The van der Waals surface area contributed by atoms with E-state index in [-0.39, 0.29) is 5.56 Å². The number of nitrogens with zero attached hydrogens (tertiary/aromatic N) is 5. The Labute approximate surface area is 231 Å². The summed E-state index contributed by atoms with van der Waals surface area (Å²) < 4.78 is 7.41. The molecule has 1 fully saturated rings. The number of hydrogen-bond donors (Lipinski definition) is 4. The molecule has 2 aliphatic heterocycles. The van der Waals surface area contributed by atoms with Crippen molar-refractivity contribution in [1.82, 2.24) is 19.7 Å². The Morgan fingerprint density at radius 3 is 2.55 bits per heavy atom. The van der Waals surface area contributed by atoms with E-state index in [1.165, 1.54) is 6.20 Å². The quantitative estimate of drug-likeness (QED) is 0.291. The van der Waals surface area contributed by atoms with Gasteiger partial charge in [-0.25, -0.2) is 4.98 Å². The lowest BCUT2D eigenvalue weighted by atomic mass is 10.1. The molecule has 1 amide bonds. The molecule has 0 atom stereocenters. The van der Waals surface area contributed by atoms with Crippen LogP contribution in [0.1, 0.15) is 15.9 Å². The molecule has 1 saturated heterocycles. The van der Waals surface area contributed by atoms with E-state index in [0.717, 1.165) is 48.9 Å². The predicted molar refractivity (Wildman–Crippen MR) is 155 cm³/mol. The highest BCUT2D eigenvalue weighted by molar-refractivity contribution is 6.08. The van der Waals surface area contributed by atoms with Crippen LogP contribution in [-0.4, -0.2) is 65.0 Å². The Bertz CT molecular complexity index is 1590. The third-order valence-corrected chi connectivity index (χ3v) is 7.20. The number of pyridine rings is 2. The number of aromatic amines is 1. The molecule has 6 rings (SSSR count). The molecule has 206 valence electrons. The minimum Gasteiger partial charge on any atom is -0.474 e. The first-order valence-electron chi connectivity index (χ1n) is 13.2. The van der Waals surface area contributed by atoms with Gasteiger partial charge < -0.3 is 35.5 Å². The molecule has 4 N–H and O–H groups in total. The SMILES string of the molecule is Cc1c(Nc2cc[nH]c(=O)c2C(=O)Nc2ccc(N3CCN(c4ccn(C)n4)CC3)cc2)cnc2c1NCCO2. The van der Waals surface area contributed by atoms with Gasteiger partial charge >= 0.3 is 0 Å². The monoisotopic (exact) mass is 541 g/mol. The van der Waals surface area contributed by atoms with Crippen LogP contribution in [0.3, 0.4) is 0 Å². The molecule has 4 aromatic rings. The van der Waals surface area contributed by atoms with E-state index in [4.69, 9.17) is 4.74 Å². The number of aryl methyl sites for hydroxylation is 1. The van der Waals surface area contributed by atoms with E-state index in [1.807, 2.05) is 55.2 Å². The van der Waals surface area contributed by atoms with Crippen LogP contribution in [0.2, 0.25) is 0 Å². The minimum absolute atomic E-state index is 0.0152. The fourth-order valence-electron chi connectivity index (χ4n) is 5.01. The topological polar surface area (TPSA) is 132 Å². The second-order valence-electron chi connectivity index (χ2n) is 9.80. The first-order chi connectivity index (χ1) is 19.5. The summed E-state index contributed by atoms with van der Waals surface area (Å²) in [7, 11) is 1.92. The minimum atomic E-state index is -0.508. The molecule has 0 radical (unpaired) electrons. The number of carbonyl (C=O) groups is 1. The molecule has 0 unspecified atom stereocenters. The molecule has 0 spiro atoms. The first kappa shape index (κ1) is 25.3. The van der Waals surface area contributed by atoms with Crippen molar-refractivity contribution >= 4 is 40.2 Å². The van der Waals surface area contributed by atoms with Gasteiger partial charge in [-0.05, 0) is 37.3 Å². The van der Waals surface area contributed by atoms with E-state index < -0.39 is 11.5 Å². The summed E-state index contributed by atoms with van der Waals surface area (Å²) in [5.74, 6) is 1.02. The van der Waals surface area contributed by atoms with Crippen molar-refractivity contribution in [2.45, 2.75) is 6.92 Å². The summed E-state index contributed by atoms with van der Waals surface area (Å²) in [4.78, 5) is 37.6. The summed E-state index contributed by atoms with van der Waals surface area (Å²) in [6, 6.07) is 11.4. The summed E-state index contributed by atoms with van der Waals surface area (Å²) in [5, 5.41) is 13.9. The van der Waals surface area contributed by atoms with Gasteiger partial charge in [0.1, 0.15) is 17.9 Å². The van der Waals surface area contributed by atoms with Gasteiger partial charge in [-0.2, -0.15) is 5.10 Å². The summed E-state index contributed by atoms with van der Waals surface area (Å²) >= 11 is 0. The van der Waals surface area contributed by atoms with E-state index >= 15 is 0 Å². The van der Waals surface area contributed by atoms with Crippen molar-refractivity contribution < 1.29 is 9.53 Å². The number of nitrogens with one attached hydrogen (secondary N) is 4. The highest BCUT2D eigenvalue weighted by atomic mass is 16.5. The zero-order chi connectivity index (χ0) is 27.6. The Balaban J connectivity index is 1.14. The number of H-pyrrole nitrogens is 1. The second kappa shape index (κ2) is 10.6. The van der Waals surface area contributed by atoms with E-state index in [1.54, 1.807) is 12.3 Å². The molecule has 12 nitrogen and oxygen atoms in total. The normalized spacial score (nSPS) is 14.7. The summed E-state index contributed by atoms with van der Waals surface area (Å²) in [6.45, 7) is 6.66. The van der Waals surface area contributed by atoms with Gasteiger partial charge in [0.05, 0.1) is 17.6 Å². The van der Waals surface area contributed by atoms with Gasteiger partial charge in [0.25, 0.3) is 11.5 Å². The maximum Gasteiger partial charge on any atom is 0.263 e. The maximum absolute atomic E-state index is 13.3. The number of benzene rings is 1. The van der Waals surface area contributed by atoms with Crippen molar-refractivity contribution in [3.8, 4) is 5.88 Å². The van der Waals surface area contributed by atoms with Gasteiger partial charge in [0.2, 0.25) is 5.88 Å². The Kier molecular flexibility index (Phi) is 6.72. The van der Waals surface area contributed by atoms with Crippen LogP contribution in [-0.2, 0) is 7.05 Å². The van der Waals surface area contributed by atoms with E-state index in [9.17, 15) is 9.59 Å². The van der Waals surface area contributed by atoms with Crippen molar-refractivity contribution in [2.75, 3.05) is 65.1 Å². The zero-order valence-electron chi connectivity index (χ0n) is 22.4. The smallest absolute Gasteiger partial charge is 0.263 e. The molecule has 5 heterocycles. The lowest BCUT2D eigenvalue weighted by molar-refractivity contribution is 0.102. The molecule has 2 aliphatic rings. The van der Waals surface area contributed by atoms with Crippen molar-refractivity contribution in [1.29, 1.82) is 0 Å². The number of fused-ring (bicyclic) bond motifs is 1. The van der Waals surface area contributed by atoms with Crippen molar-refractivity contribution in [3.63, 3.8) is 0 Å². The average molecular weight is 542 g/mol. The summed E-state index contributed by atoms with van der Waals surface area (Å²) in [5.41, 5.74) is 3.90. The van der Waals surface area contributed by atoms with Crippen LogP contribution in [0.15, 0.2) is 59.8 Å². The van der Waals surface area contributed by atoms with Crippen LogP contribution < -0.4 is 36.0 Å². The third kappa shape index (κ3) is 5.03. The van der Waals surface area contributed by atoms with Crippen LogP contribution >= 0.6 is 0 Å². The van der Waals surface area contributed by atoms with Crippen molar-refractivity contribution in [3.05, 3.63) is 76.5 Å². The molecule has 0 bridgehead atoms. The van der Waals surface area contributed by atoms with Gasteiger partial charge in [0.15, 0.2) is 5.82 Å². The fraction of sp³-hybridized carbons (Fsp3) is 0.286. The van der Waals surface area contributed by atoms with Crippen LogP contribution in [0, 0.1) is 6.92 Å². The lowest BCUT2D eigenvalue weighted by Gasteiger charge is -2.36. The van der Waals surface area contributed by atoms with E-state index in [0.29, 0.717) is 36.1 Å². The number of amides is 1. The molecular formula is C28H31N9O3. The van der Waals surface area contributed by atoms with Gasteiger partial charge in [-0.3, -0.25) is 14.3 Å². The number of ether oxygens (including phenoxy) is 1.